The molecule has 1 aromatic heterocycles. The van der Waals surface area contributed by atoms with Gasteiger partial charge in [-0.2, -0.15) is 4.98 Å². The third-order valence-corrected chi connectivity index (χ3v) is 6.54. The van der Waals surface area contributed by atoms with Crippen molar-refractivity contribution in [3.63, 3.8) is 0 Å². The molecule has 1 saturated heterocycles. The van der Waals surface area contributed by atoms with Crippen molar-refractivity contribution in [2.45, 2.75) is 57.5 Å². The number of thiazole rings is 1. The van der Waals surface area contributed by atoms with Crippen molar-refractivity contribution in [3.05, 3.63) is 23.8 Å². The molecule has 0 radical (unpaired) electrons. The number of fused-ring (bicyclic) bond motifs is 1. The Bertz CT molecular complexity index is 812. The molecular formula is C20H24F2N2O2S. The topological polar surface area (TPSA) is 42.4 Å². The fourth-order valence-electron chi connectivity index (χ4n) is 4.12. The predicted octanol–water partition coefficient (Wildman–Crippen LogP) is 4.91. The maximum Gasteiger partial charge on any atom is 0.274 e. The summed E-state index contributed by atoms with van der Waals surface area (Å²) in [4.78, 5) is 18.6. The lowest BCUT2D eigenvalue weighted by Crippen LogP contribution is -2.42. The van der Waals surface area contributed by atoms with Crippen LogP contribution in [0.25, 0.3) is 10.2 Å². The molecule has 7 heteroatoms. The van der Waals surface area contributed by atoms with Gasteiger partial charge in [0.2, 0.25) is 5.91 Å². The van der Waals surface area contributed by atoms with Crippen molar-refractivity contribution >= 4 is 27.5 Å². The van der Waals surface area contributed by atoms with E-state index in [1.807, 2.05) is 4.90 Å². The number of likely N-dealkylation sites (tertiary alicyclic amines) is 1. The highest BCUT2D eigenvalue weighted by molar-refractivity contribution is 7.20. The number of carbonyl (C=O) groups excluding carboxylic acids is 1. The molecule has 4 rings (SSSR count). The van der Waals surface area contributed by atoms with E-state index in [0.29, 0.717) is 35.3 Å². The molecule has 2 heterocycles. The number of aromatic nitrogens is 1. The van der Waals surface area contributed by atoms with Gasteiger partial charge in [0, 0.05) is 38.4 Å². The Labute approximate surface area is 161 Å². The van der Waals surface area contributed by atoms with Gasteiger partial charge in [0.1, 0.15) is 17.4 Å². The average Bonchev–Trinajstić information content (AvgIpc) is 3.06. The lowest BCUT2D eigenvalue weighted by atomic mass is 9.86. The van der Waals surface area contributed by atoms with Gasteiger partial charge in [-0.15, -0.1) is 0 Å². The summed E-state index contributed by atoms with van der Waals surface area (Å²) in [5, 5.41) is 0.362. The number of hydrogen-bond donors (Lipinski definition) is 0. The summed E-state index contributed by atoms with van der Waals surface area (Å²) in [6.45, 7) is 1.37. The van der Waals surface area contributed by atoms with E-state index in [-0.39, 0.29) is 17.5 Å². The van der Waals surface area contributed by atoms with E-state index < -0.39 is 11.6 Å². The van der Waals surface area contributed by atoms with Crippen LogP contribution in [0.2, 0.25) is 0 Å². The Morgan fingerprint density at radius 2 is 1.89 bits per heavy atom. The van der Waals surface area contributed by atoms with Crippen LogP contribution in [0.4, 0.5) is 8.78 Å². The zero-order valence-corrected chi connectivity index (χ0v) is 16.1. The van der Waals surface area contributed by atoms with Crippen LogP contribution in [0.3, 0.4) is 0 Å². The minimum atomic E-state index is -0.667. The molecule has 2 fully saturated rings. The van der Waals surface area contributed by atoms with Crippen LogP contribution in [-0.4, -0.2) is 35.0 Å². The van der Waals surface area contributed by atoms with Crippen LogP contribution in [0.5, 0.6) is 5.19 Å². The highest BCUT2D eigenvalue weighted by Crippen LogP contribution is 2.32. The van der Waals surface area contributed by atoms with Crippen molar-refractivity contribution in [3.8, 4) is 5.19 Å². The van der Waals surface area contributed by atoms with E-state index in [1.165, 1.54) is 38.2 Å². The number of hydrogen-bond acceptors (Lipinski definition) is 4. The third-order valence-electron chi connectivity index (χ3n) is 5.64. The third kappa shape index (κ3) is 4.39. The average molecular weight is 394 g/mol. The van der Waals surface area contributed by atoms with Crippen LogP contribution in [0, 0.1) is 17.6 Å². The molecule has 1 aromatic carbocycles. The smallest absolute Gasteiger partial charge is 0.274 e. The van der Waals surface area contributed by atoms with Crippen LogP contribution in [0.15, 0.2) is 12.1 Å². The van der Waals surface area contributed by atoms with Gasteiger partial charge in [-0.25, -0.2) is 8.78 Å². The minimum absolute atomic E-state index is 0.0443. The largest absolute Gasteiger partial charge is 0.467 e. The molecule has 4 nitrogen and oxygen atoms in total. The maximum atomic E-state index is 13.8. The zero-order valence-electron chi connectivity index (χ0n) is 15.3. The summed E-state index contributed by atoms with van der Waals surface area (Å²) in [6.07, 6.45) is 8.27. The molecule has 0 N–H and O–H groups in total. The zero-order chi connectivity index (χ0) is 18.8. The second-order valence-corrected chi connectivity index (χ2v) is 8.61. The normalized spacial score (nSPS) is 19.6. The van der Waals surface area contributed by atoms with Gasteiger partial charge < -0.3 is 9.64 Å². The van der Waals surface area contributed by atoms with Gasteiger partial charge >= 0.3 is 0 Å². The molecular weight excluding hydrogens is 370 g/mol. The number of halogens is 2. The Morgan fingerprint density at radius 3 is 2.63 bits per heavy atom. The minimum Gasteiger partial charge on any atom is -0.467 e. The lowest BCUT2D eigenvalue weighted by molar-refractivity contribution is -0.134. The number of carbonyl (C=O) groups is 1. The summed E-state index contributed by atoms with van der Waals surface area (Å²) >= 11 is 1.16. The van der Waals surface area contributed by atoms with E-state index in [9.17, 15) is 13.6 Å². The molecule has 2 aromatic rings. The second kappa shape index (κ2) is 8.09. The van der Waals surface area contributed by atoms with Crippen molar-refractivity contribution < 1.29 is 18.3 Å². The lowest BCUT2D eigenvalue weighted by Gasteiger charge is -2.33. The molecule has 1 aliphatic heterocycles. The predicted molar refractivity (Wildman–Crippen MR) is 101 cm³/mol. The van der Waals surface area contributed by atoms with Crippen LogP contribution in [-0.2, 0) is 4.79 Å². The summed E-state index contributed by atoms with van der Waals surface area (Å²) in [5.41, 5.74) is 0.150. The van der Waals surface area contributed by atoms with Gasteiger partial charge in [0.15, 0.2) is 5.82 Å². The second-order valence-electron chi connectivity index (χ2n) is 7.62. The van der Waals surface area contributed by atoms with E-state index >= 15 is 0 Å². The summed E-state index contributed by atoms with van der Waals surface area (Å²) < 4.78 is 33.4. The van der Waals surface area contributed by atoms with E-state index in [4.69, 9.17) is 4.74 Å². The summed E-state index contributed by atoms with van der Waals surface area (Å²) in [7, 11) is 0. The van der Waals surface area contributed by atoms with Gasteiger partial charge in [-0.05, 0) is 24.8 Å². The number of amides is 1. The van der Waals surface area contributed by atoms with Gasteiger partial charge in [-0.1, -0.05) is 30.6 Å². The number of rotatable bonds is 4. The van der Waals surface area contributed by atoms with E-state index in [1.54, 1.807) is 0 Å². The molecule has 1 saturated carbocycles. The SMILES string of the molecule is O=C(CC1CCCCC1)N1CCC(Oc2nc3c(F)cc(F)cc3s2)CC1. The fourth-order valence-corrected chi connectivity index (χ4v) is 5.04. The molecule has 0 unspecified atom stereocenters. The van der Waals surface area contributed by atoms with Gasteiger partial charge in [-0.3, -0.25) is 4.79 Å². The fraction of sp³-hybridized carbons (Fsp3) is 0.600. The first-order chi connectivity index (χ1) is 13.1. The van der Waals surface area contributed by atoms with E-state index in [0.717, 1.165) is 30.2 Å². The van der Waals surface area contributed by atoms with E-state index in [2.05, 4.69) is 4.98 Å². The first kappa shape index (κ1) is 18.6. The molecule has 1 amide bonds. The Kier molecular flexibility index (Phi) is 5.57. The molecule has 0 spiro atoms. The number of benzene rings is 1. The molecule has 146 valence electrons. The Balaban J connectivity index is 1.30. The maximum absolute atomic E-state index is 13.8. The molecule has 0 bridgehead atoms. The summed E-state index contributed by atoms with van der Waals surface area (Å²) in [6, 6.07) is 2.11. The number of nitrogens with zero attached hydrogens (tertiary/aromatic N) is 2. The molecule has 0 atom stereocenters. The standard InChI is InChI=1S/C20H24F2N2O2S/c21-14-11-16(22)19-17(12-14)27-20(23-19)26-15-6-8-24(9-7-15)18(25)10-13-4-2-1-3-5-13/h11-13,15H,1-10H2. The van der Waals surface area contributed by atoms with Gasteiger partial charge in [0.05, 0.1) is 4.70 Å². The van der Waals surface area contributed by atoms with Crippen molar-refractivity contribution in [1.82, 2.24) is 9.88 Å². The molecule has 2 aliphatic rings. The number of ether oxygens (including phenoxy) is 1. The van der Waals surface area contributed by atoms with Crippen molar-refractivity contribution in [1.29, 1.82) is 0 Å². The van der Waals surface area contributed by atoms with Gasteiger partial charge in [0.25, 0.3) is 5.19 Å². The van der Waals surface area contributed by atoms with Crippen LogP contribution >= 0.6 is 11.3 Å². The van der Waals surface area contributed by atoms with Crippen LogP contribution < -0.4 is 4.74 Å². The van der Waals surface area contributed by atoms with Crippen LogP contribution in [0.1, 0.15) is 51.4 Å². The summed E-state index contributed by atoms with van der Waals surface area (Å²) in [5.74, 6) is -0.463. The van der Waals surface area contributed by atoms with Crippen molar-refractivity contribution in [2.75, 3.05) is 13.1 Å². The molecule has 27 heavy (non-hydrogen) atoms. The Hall–Kier alpha value is -1.76. The number of piperidine rings is 1. The highest BCUT2D eigenvalue weighted by Gasteiger charge is 2.27. The quantitative estimate of drug-likeness (QED) is 0.740. The Morgan fingerprint density at radius 1 is 1.15 bits per heavy atom. The molecule has 1 aliphatic carbocycles. The van der Waals surface area contributed by atoms with Crippen molar-refractivity contribution in [2.24, 2.45) is 5.92 Å². The monoisotopic (exact) mass is 394 g/mol. The first-order valence-corrected chi connectivity index (χ1v) is 10.6. The highest BCUT2D eigenvalue weighted by atomic mass is 32.1. The first-order valence-electron chi connectivity index (χ1n) is 9.78.